The van der Waals surface area contributed by atoms with Crippen LogP contribution in [0.15, 0.2) is 0 Å². The molecule has 7 fully saturated rings. The zero-order valence-corrected chi connectivity index (χ0v) is 11.5. The van der Waals surface area contributed by atoms with E-state index in [-0.39, 0.29) is 0 Å². The smallest absolute Gasteiger partial charge is 0.00935 e. The molecule has 4 atom stereocenters. The molecule has 7 aliphatic carbocycles. The van der Waals surface area contributed by atoms with E-state index in [0.29, 0.717) is 0 Å². The van der Waals surface area contributed by atoms with Crippen molar-refractivity contribution in [3.05, 3.63) is 0 Å². The van der Waals surface area contributed by atoms with Gasteiger partial charge in [-0.05, 0) is 85.4 Å². The van der Waals surface area contributed by atoms with E-state index in [2.05, 4.69) is 15.9 Å². The Morgan fingerprint density at radius 2 is 1.44 bits per heavy atom. The molecular formula is C15H21Br. The maximum absolute atomic E-state index is 3.93. The lowest BCUT2D eigenvalue weighted by Gasteiger charge is -2.74. The van der Waals surface area contributed by atoms with Crippen molar-refractivity contribution in [1.82, 2.24) is 0 Å². The van der Waals surface area contributed by atoms with Gasteiger partial charge in [0.2, 0.25) is 0 Å². The Balaban J connectivity index is 1.71. The Hall–Kier alpha value is 0.480. The Labute approximate surface area is 107 Å². The predicted molar refractivity (Wildman–Crippen MR) is 68.4 cm³/mol. The molecule has 16 heavy (non-hydrogen) atoms. The van der Waals surface area contributed by atoms with Gasteiger partial charge in [-0.2, -0.15) is 0 Å². The molecule has 0 aromatic rings. The van der Waals surface area contributed by atoms with E-state index in [1.54, 1.807) is 38.5 Å². The van der Waals surface area contributed by atoms with Gasteiger partial charge in [0.05, 0.1) is 0 Å². The summed E-state index contributed by atoms with van der Waals surface area (Å²) in [6, 6.07) is 0. The minimum atomic E-state index is 0.782. The molecule has 4 unspecified atom stereocenters. The normalized spacial score (nSPS) is 69.2. The SMILES string of the molecule is BrCC12CC3CC4C5CC(CC41)CC2C5C3. The topological polar surface area (TPSA) is 0 Å². The summed E-state index contributed by atoms with van der Waals surface area (Å²) < 4.78 is 0. The Morgan fingerprint density at radius 1 is 0.812 bits per heavy atom. The molecule has 0 spiro atoms. The first kappa shape index (κ1) is 9.42. The number of halogens is 1. The molecule has 0 radical (unpaired) electrons. The number of hydrogen-bond donors (Lipinski definition) is 0. The highest BCUT2D eigenvalue weighted by molar-refractivity contribution is 9.09. The van der Waals surface area contributed by atoms with Gasteiger partial charge in [0, 0.05) is 5.33 Å². The van der Waals surface area contributed by atoms with Crippen LogP contribution in [0.1, 0.15) is 38.5 Å². The quantitative estimate of drug-likeness (QED) is 0.635. The molecule has 0 N–H and O–H groups in total. The van der Waals surface area contributed by atoms with Crippen LogP contribution in [-0.4, -0.2) is 5.33 Å². The van der Waals surface area contributed by atoms with Gasteiger partial charge >= 0.3 is 0 Å². The highest BCUT2D eigenvalue weighted by atomic mass is 79.9. The van der Waals surface area contributed by atoms with E-state index in [9.17, 15) is 0 Å². The van der Waals surface area contributed by atoms with Crippen molar-refractivity contribution in [2.75, 3.05) is 5.33 Å². The van der Waals surface area contributed by atoms with Crippen molar-refractivity contribution in [2.24, 2.45) is 46.8 Å². The molecule has 8 bridgehead atoms. The monoisotopic (exact) mass is 280 g/mol. The van der Waals surface area contributed by atoms with E-state index in [0.717, 1.165) is 29.1 Å². The third-order valence-corrected chi connectivity index (χ3v) is 8.56. The van der Waals surface area contributed by atoms with Gasteiger partial charge in [-0.1, -0.05) is 15.9 Å². The van der Waals surface area contributed by atoms with Crippen LogP contribution < -0.4 is 0 Å². The first-order valence-corrected chi connectivity index (χ1v) is 8.50. The minimum Gasteiger partial charge on any atom is -0.0922 e. The fourth-order valence-electron chi connectivity index (χ4n) is 7.41. The van der Waals surface area contributed by atoms with Crippen molar-refractivity contribution in [1.29, 1.82) is 0 Å². The maximum Gasteiger partial charge on any atom is 0.00935 e. The lowest BCUT2D eigenvalue weighted by molar-refractivity contribution is -0.245. The van der Waals surface area contributed by atoms with Crippen LogP contribution in [0.3, 0.4) is 0 Å². The van der Waals surface area contributed by atoms with Crippen LogP contribution in [0, 0.1) is 46.8 Å². The zero-order chi connectivity index (χ0) is 10.5. The predicted octanol–water partition coefficient (Wildman–Crippen LogP) is 4.09. The number of rotatable bonds is 1. The van der Waals surface area contributed by atoms with Gasteiger partial charge in [-0.25, -0.2) is 0 Å². The third-order valence-electron chi connectivity index (χ3n) is 7.52. The van der Waals surface area contributed by atoms with Gasteiger partial charge in [0.15, 0.2) is 0 Å². The van der Waals surface area contributed by atoms with Gasteiger partial charge < -0.3 is 0 Å². The van der Waals surface area contributed by atoms with Gasteiger partial charge in [-0.15, -0.1) is 0 Å². The van der Waals surface area contributed by atoms with Crippen molar-refractivity contribution in [3.63, 3.8) is 0 Å². The molecule has 0 amide bonds. The summed E-state index contributed by atoms with van der Waals surface area (Å²) in [5, 5.41) is 1.33. The largest absolute Gasteiger partial charge is 0.0922 e. The second-order valence-corrected chi connectivity index (χ2v) is 8.25. The highest BCUT2D eigenvalue weighted by Gasteiger charge is 2.69. The molecule has 7 saturated carbocycles. The standard InChI is InChI=1S/C15H21Br/c16-7-15-6-9-2-11-10-1-8(4-13(11)15)5-14(15)12(10)3-9/h8-14H,1-7H2. The molecular weight excluding hydrogens is 260 g/mol. The molecule has 0 saturated heterocycles. The van der Waals surface area contributed by atoms with Crippen LogP contribution in [0.25, 0.3) is 0 Å². The van der Waals surface area contributed by atoms with E-state index >= 15 is 0 Å². The first-order chi connectivity index (χ1) is 7.82. The fraction of sp³-hybridized carbons (Fsp3) is 1.00. The maximum atomic E-state index is 3.93. The minimum absolute atomic E-state index is 0.782. The Kier molecular flexibility index (Phi) is 1.61. The summed E-state index contributed by atoms with van der Waals surface area (Å²) in [4.78, 5) is 0. The number of alkyl halides is 1. The summed E-state index contributed by atoms with van der Waals surface area (Å²) in [7, 11) is 0. The van der Waals surface area contributed by atoms with Crippen LogP contribution in [0.4, 0.5) is 0 Å². The summed E-state index contributed by atoms with van der Waals surface area (Å²) >= 11 is 3.93. The van der Waals surface area contributed by atoms with Gasteiger partial charge in [-0.3, -0.25) is 0 Å². The summed E-state index contributed by atoms with van der Waals surface area (Å²) in [6.45, 7) is 0. The molecule has 0 nitrogen and oxygen atoms in total. The second kappa shape index (κ2) is 2.73. The molecule has 0 heterocycles. The van der Waals surface area contributed by atoms with E-state index in [4.69, 9.17) is 0 Å². The first-order valence-electron chi connectivity index (χ1n) is 7.38. The lowest BCUT2D eigenvalue weighted by atomic mass is 9.31. The molecule has 1 heteroatoms. The molecule has 0 aromatic heterocycles. The average Bonchev–Trinajstić information content (AvgIpc) is 2.34. The van der Waals surface area contributed by atoms with Crippen molar-refractivity contribution >= 4 is 15.9 Å². The highest BCUT2D eigenvalue weighted by Crippen LogP contribution is 2.76. The molecule has 0 aliphatic heterocycles. The van der Waals surface area contributed by atoms with Gasteiger partial charge in [0.25, 0.3) is 0 Å². The number of hydrogen-bond acceptors (Lipinski definition) is 0. The van der Waals surface area contributed by atoms with E-state index in [1.165, 1.54) is 23.1 Å². The van der Waals surface area contributed by atoms with Crippen LogP contribution in [0.2, 0.25) is 0 Å². The second-order valence-electron chi connectivity index (χ2n) is 7.69. The van der Waals surface area contributed by atoms with Crippen molar-refractivity contribution < 1.29 is 0 Å². The molecule has 7 rings (SSSR count). The summed E-state index contributed by atoms with van der Waals surface area (Å²) in [6.07, 6.45) is 9.71. The lowest BCUT2D eigenvalue weighted by Crippen LogP contribution is -2.68. The van der Waals surface area contributed by atoms with Crippen LogP contribution in [0.5, 0.6) is 0 Å². The zero-order valence-electron chi connectivity index (χ0n) is 9.87. The Bertz CT molecular complexity index is 325. The fourth-order valence-corrected chi connectivity index (χ4v) is 8.47. The molecule has 88 valence electrons. The summed E-state index contributed by atoms with van der Waals surface area (Å²) in [5.41, 5.74) is 0.782. The molecule has 7 aliphatic rings. The summed E-state index contributed by atoms with van der Waals surface area (Å²) in [5.74, 6) is 8.08. The van der Waals surface area contributed by atoms with E-state index in [1.807, 2.05) is 0 Å². The van der Waals surface area contributed by atoms with E-state index < -0.39 is 0 Å². The van der Waals surface area contributed by atoms with Crippen molar-refractivity contribution in [2.45, 2.75) is 38.5 Å². The average molecular weight is 281 g/mol. The van der Waals surface area contributed by atoms with Crippen LogP contribution in [-0.2, 0) is 0 Å². The van der Waals surface area contributed by atoms with Gasteiger partial charge in [0.1, 0.15) is 0 Å². The van der Waals surface area contributed by atoms with Crippen LogP contribution >= 0.6 is 15.9 Å². The van der Waals surface area contributed by atoms with Crippen molar-refractivity contribution in [3.8, 4) is 0 Å². The Morgan fingerprint density at radius 3 is 2.06 bits per heavy atom. The molecule has 0 aromatic carbocycles. The third kappa shape index (κ3) is 0.825.